The zero-order valence-corrected chi connectivity index (χ0v) is 18.2. The van der Waals surface area contributed by atoms with Gasteiger partial charge in [-0.05, 0) is 56.0 Å². The van der Waals surface area contributed by atoms with E-state index >= 15 is 0 Å². The van der Waals surface area contributed by atoms with Crippen molar-refractivity contribution in [2.24, 2.45) is 5.92 Å². The summed E-state index contributed by atoms with van der Waals surface area (Å²) >= 11 is 0. The van der Waals surface area contributed by atoms with Crippen LogP contribution in [0.25, 0.3) is 0 Å². The van der Waals surface area contributed by atoms with E-state index in [9.17, 15) is 15.0 Å². The van der Waals surface area contributed by atoms with Crippen molar-refractivity contribution in [2.45, 2.75) is 50.7 Å². The number of carbonyl (C=O) groups is 1. The van der Waals surface area contributed by atoms with Gasteiger partial charge in [-0.1, -0.05) is 31.0 Å². The number of amides is 1. The van der Waals surface area contributed by atoms with Gasteiger partial charge >= 0.3 is 0 Å². The molecule has 1 saturated carbocycles. The third-order valence-electron chi connectivity index (χ3n) is 6.79. The standard InChI is InChI=1S/C25H31NO5/c1-3-31-22-16-17(11-12-20(22)27)23-19-9-6-7-13-25(19,29)14-15-26(23)24(28)18-8-4-5-10-21(18)30-2/h4-5,8,10-12,16,19,23,27,29H,3,6-7,9,13-15H2,1-2H3/t19-,23+,25-/m1/s1. The molecule has 4 rings (SSSR count). The van der Waals surface area contributed by atoms with Crippen LogP contribution in [0.1, 0.15) is 61.0 Å². The van der Waals surface area contributed by atoms with Crippen LogP contribution < -0.4 is 9.47 Å². The summed E-state index contributed by atoms with van der Waals surface area (Å²) in [5.74, 6) is 0.822. The van der Waals surface area contributed by atoms with Crippen molar-refractivity contribution in [1.29, 1.82) is 0 Å². The first-order valence-corrected chi connectivity index (χ1v) is 11.1. The summed E-state index contributed by atoms with van der Waals surface area (Å²) in [5, 5.41) is 21.7. The van der Waals surface area contributed by atoms with Gasteiger partial charge in [-0.25, -0.2) is 0 Å². The summed E-state index contributed by atoms with van der Waals surface area (Å²) in [6.45, 7) is 2.75. The lowest BCUT2D eigenvalue weighted by molar-refractivity contribution is -0.115. The lowest BCUT2D eigenvalue weighted by Gasteiger charge is -2.52. The van der Waals surface area contributed by atoms with Gasteiger partial charge in [0.25, 0.3) is 5.91 Å². The molecule has 2 N–H and O–H groups in total. The Morgan fingerprint density at radius 2 is 1.97 bits per heavy atom. The minimum absolute atomic E-state index is 0.0721. The topological polar surface area (TPSA) is 79.2 Å². The number of aliphatic hydroxyl groups is 1. The molecule has 0 bridgehead atoms. The van der Waals surface area contributed by atoms with Crippen molar-refractivity contribution in [1.82, 2.24) is 4.90 Å². The monoisotopic (exact) mass is 425 g/mol. The van der Waals surface area contributed by atoms with Crippen LogP contribution in [0, 0.1) is 5.92 Å². The van der Waals surface area contributed by atoms with E-state index in [-0.39, 0.29) is 23.6 Å². The Balaban J connectivity index is 1.79. The maximum Gasteiger partial charge on any atom is 0.258 e. The van der Waals surface area contributed by atoms with Crippen molar-refractivity contribution in [3.63, 3.8) is 0 Å². The van der Waals surface area contributed by atoms with E-state index in [2.05, 4.69) is 0 Å². The van der Waals surface area contributed by atoms with Crippen LogP contribution in [-0.4, -0.2) is 46.9 Å². The third kappa shape index (κ3) is 3.97. The summed E-state index contributed by atoms with van der Waals surface area (Å²) in [6, 6.07) is 12.2. The van der Waals surface area contributed by atoms with Gasteiger partial charge in [-0.3, -0.25) is 4.79 Å². The Hall–Kier alpha value is -2.73. The molecule has 166 valence electrons. The Bertz CT molecular complexity index is 945. The quantitative estimate of drug-likeness (QED) is 0.746. The van der Waals surface area contributed by atoms with E-state index in [4.69, 9.17) is 9.47 Å². The van der Waals surface area contributed by atoms with Gasteiger partial charge < -0.3 is 24.6 Å². The van der Waals surface area contributed by atoms with Crippen molar-refractivity contribution >= 4 is 5.91 Å². The number of phenolic OH excluding ortho intramolecular Hbond substituents is 1. The normalized spacial score (nSPS) is 25.6. The second kappa shape index (κ2) is 8.79. The molecule has 1 saturated heterocycles. The molecule has 0 aromatic heterocycles. The molecule has 2 aromatic rings. The summed E-state index contributed by atoms with van der Waals surface area (Å²) in [5.41, 5.74) is 0.596. The maximum absolute atomic E-state index is 13.7. The van der Waals surface area contributed by atoms with E-state index in [1.54, 1.807) is 25.3 Å². The Morgan fingerprint density at radius 3 is 2.74 bits per heavy atom. The molecular weight excluding hydrogens is 394 g/mol. The highest BCUT2D eigenvalue weighted by atomic mass is 16.5. The predicted molar refractivity (Wildman–Crippen MR) is 118 cm³/mol. The van der Waals surface area contributed by atoms with Crippen molar-refractivity contribution in [3.8, 4) is 17.2 Å². The Kier molecular flexibility index (Phi) is 6.10. The number of benzene rings is 2. The molecule has 1 amide bonds. The molecule has 1 heterocycles. The lowest BCUT2D eigenvalue weighted by Crippen LogP contribution is -2.56. The molecule has 0 spiro atoms. The third-order valence-corrected chi connectivity index (χ3v) is 6.79. The molecule has 6 nitrogen and oxygen atoms in total. The first kappa shape index (κ1) is 21.5. The van der Waals surface area contributed by atoms with Gasteiger partial charge in [-0.2, -0.15) is 0 Å². The minimum Gasteiger partial charge on any atom is -0.504 e. The van der Waals surface area contributed by atoms with Crippen molar-refractivity contribution < 1.29 is 24.5 Å². The molecule has 1 aliphatic carbocycles. The number of aromatic hydroxyl groups is 1. The van der Waals surface area contributed by atoms with Gasteiger partial charge in [0.15, 0.2) is 11.5 Å². The zero-order chi connectivity index (χ0) is 22.0. The number of hydrogen-bond acceptors (Lipinski definition) is 5. The van der Waals surface area contributed by atoms with Gasteiger partial charge in [0.2, 0.25) is 0 Å². The maximum atomic E-state index is 13.7. The van der Waals surface area contributed by atoms with Crippen LogP contribution in [0.5, 0.6) is 17.2 Å². The van der Waals surface area contributed by atoms with E-state index in [0.29, 0.717) is 36.6 Å². The molecule has 31 heavy (non-hydrogen) atoms. The number of piperidine rings is 1. The number of rotatable bonds is 5. The van der Waals surface area contributed by atoms with E-state index in [1.165, 1.54) is 0 Å². The van der Waals surface area contributed by atoms with E-state index < -0.39 is 5.60 Å². The number of hydrogen-bond donors (Lipinski definition) is 2. The Morgan fingerprint density at radius 1 is 1.16 bits per heavy atom. The van der Waals surface area contributed by atoms with Crippen LogP contribution in [0.4, 0.5) is 0 Å². The van der Waals surface area contributed by atoms with Gasteiger partial charge in [0.1, 0.15) is 5.75 Å². The number of methoxy groups -OCH3 is 1. The minimum atomic E-state index is -0.788. The van der Waals surface area contributed by atoms with Crippen LogP contribution in [0.2, 0.25) is 0 Å². The molecule has 6 heteroatoms. The number of ether oxygens (including phenoxy) is 2. The highest BCUT2D eigenvalue weighted by Gasteiger charge is 2.50. The average molecular weight is 426 g/mol. The van der Waals surface area contributed by atoms with E-state index in [1.807, 2.05) is 36.1 Å². The summed E-state index contributed by atoms with van der Waals surface area (Å²) in [4.78, 5) is 15.6. The zero-order valence-electron chi connectivity index (χ0n) is 18.2. The second-order valence-electron chi connectivity index (χ2n) is 8.51. The molecule has 3 atom stereocenters. The van der Waals surface area contributed by atoms with Crippen LogP contribution in [0.15, 0.2) is 42.5 Å². The average Bonchev–Trinajstić information content (AvgIpc) is 2.79. The second-order valence-corrected chi connectivity index (χ2v) is 8.51. The smallest absolute Gasteiger partial charge is 0.258 e. The number of nitrogens with zero attached hydrogens (tertiary/aromatic N) is 1. The van der Waals surface area contributed by atoms with Crippen LogP contribution in [0.3, 0.4) is 0 Å². The largest absolute Gasteiger partial charge is 0.504 e. The molecule has 1 aliphatic heterocycles. The summed E-state index contributed by atoms with van der Waals surface area (Å²) < 4.78 is 11.1. The van der Waals surface area contributed by atoms with Crippen molar-refractivity contribution in [3.05, 3.63) is 53.6 Å². The molecular formula is C25H31NO5. The highest BCUT2D eigenvalue weighted by Crippen LogP contribution is 2.50. The number of carbonyl (C=O) groups excluding carboxylic acids is 1. The number of fused-ring (bicyclic) bond motifs is 1. The SMILES string of the molecule is CCOc1cc([C@H]2[C@H]3CCCC[C@@]3(O)CCN2C(=O)c2ccccc2OC)ccc1O. The fraction of sp³-hybridized carbons (Fsp3) is 0.480. The summed E-state index contributed by atoms with van der Waals surface area (Å²) in [6.07, 6.45) is 4.19. The number of phenols is 1. The lowest BCUT2D eigenvalue weighted by atomic mass is 9.66. The van der Waals surface area contributed by atoms with E-state index in [0.717, 1.165) is 31.2 Å². The van der Waals surface area contributed by atoms with Gasteiger partial charge in [0, 0.05) is 12.5 Å². The molecule has 2 fully saturated rings. The van der Waals surface area contributed by atoms with Crippen molar-refractivity contribution in [2.75, 3.05) is 20.3 Å². The molecule has 2 aromatic carbocycles. The molecule has 0 unspecified atom stereocenters. The van der Waals surface area contributed by atoms with Gasteiger partial charge in [-0.15, -0.1) is 0 Å². The fourth-order valence-corrected chi connectivity index (χ4v) is 5.28. The fourth-order valence-electron chi connectivity index (χ4n) is 5.28. The molecule has 2 aliphatic rings. The van der Waals surface area contributed by atoms with Crippen LogP contribution in [-0.2, 0) is 0 Å². The Labute approximate surface area is 183 Å². The number of para-hydroxylation sites is 1. The number of likely N-dealkylation sites (tertiary alicyclic amines) is 1. The predicted octanol–water partition coefficient (Wildman–Crippen LogP) is 4.31. The van der Waals surface area contributed by atoms with Gasteiger partial charge in [0.05, 0.1) is 30.9 Å². The van der Waals surface area contributed by atoms with Crippen LogP contribution >= 0.6 is 0 Å². The first-order valence-electron chi connectivity index (χ1n) is 11.1. The summed E-state index contributed by atoms with van der Waals surface area (Å²) in [7, 11) is 1.56. The highest BCUT2D eigenvalue weighted by molar-refractivity contribution is 5.97. The molecule has 0 radical (unpaired) electrons. The first-order chi connectivity index (χ1) is 15.0.